The van der Waals surface area contributed by atoms with Gasteiger partial charge in [0.25, 0.3) is 5.91 Å². The van der Waals surface area contributed by atoms with E-state index in [9.17, 15) is 17.6 Å². The molecule has 0 atom stereocenters. The molecular weight excluding hydrogens is 381 g/mol. The summed E-state index contributed by atoms with van der Waals surface area (Å²) in [6.45, 7) is 2.44. The van der Waals surface area contributed by atoms with Gasteiger partial charge in [-0.2, -0.15) is 4.31 Å². The molecule has 2 N–H and O–H groups in total. The summed E-state index contributed by atoms with van der Waals surface area (Å²) in [4.78, 5) is 12.9. The zero-order valence-corrected chi connectivity index (χ0v) is 16.4. The summed E-state index contributed by atoms with van der Waals surface area (Å²) >= 11 is 0. The number of halogens is 1. The number of nitrogens with one attached hydrogen (secondary N) is 2. The van der Waals surface area contributed by atoms with Crippen LogP contribution in [0.4, 0.5) is 4.39 Å². The average Bonchev–Trinajstić information content (AvgIpc) is 2.69. The fraction of sp³-hybridized carbons (Fsp3) is 0.350. The number of amides is 1. The number of sulfonamides is 1. The highest BCUT2D eigenvalue weighted by Gasteiger charge is 2.32. The van der Waals surface area contributed by atoms with Gasteiger partial charge in [-0.3, -0.25) is 4.79 Å². The van der Waals surface area contributed by atoms with Gasteiger partial charge < -0.3 is 10.2 Å². The van der Waals surface area contributed by atoms with Crippen LogP contribution < -0.4 is 10.2 Å². The van der Waals surface area contributed by atoms with E-state index in [1.54, 1.807) is 0 Å². The van der Waals surface area contributed by atoms with Gasteiger partial charge in [-0.15, -0.1) is 0 Å². The van der Waals surface area contributed by atoms with Gasteiger partial charge in [0.05, 0.1) is 26.2 Å². The van der Waals surface area contributed by atoms with Crippen molar-refractivity contribution in [3.63, 3.8) is 0 Å². The lowest BCUT2D eigenvalue weighted by molar-refractivity contribution is -0.895. The molecule has 1 aliphatic heterocycles. The number of quaternary nitrogens is 1. The fourth-order valence-electron chi connectivity index (χ4n) is 3.29. The molecule has 2 aromatic rings. The first-order valence-corrected chi connectivity index (χ1v) is 10.8. The first-order valence-electron chi connectivity index (χ1n) is 9.35. The Balaban J connectivity index is 1.45. The topological polar surface area (TPSA) is 70.9 Å². The Morgan fingerprint density at radius 2 is 1.68 bits per heavy atom. The van der Waals surface area contributed by atoms with Gasteiger partial charge in [0.2, 0.25) is 10.0 Å². The summed E-state index contributed by atoms with van der Waals surface area (Å²) in [7, 11) is -3.84. The van der Waals surface area contributed by atoms with Crippen LogP contribution in [0.1, 0.15) is 5.56 Å². The van der Waals surface area contributed by atoms with Crippen molar-refractivity contribution in [2.24, 2.45) is 0 Å². The normalized spacial score (nSPS) is 16.0. The minimum absolute atomic E-state index is 0.0451. The molecule has 1 saturated heterocycles. The third-order valence-corrected chi connectivity index (χ3v) is 6.81. The summed E-state index contributed by atoms with van der Waals surface area (Å²) in [6, 6.07) is 15.3. The molecule has 3 rings (SSSR count). The van der Waals surface area contributed by atoms with Crippen LogP contribution in [-0.4, -0.2) is 57.9 Å². The summed E-state index contributed by atoms with van der Waals surface area (Å²) in [6.07, 6.45) is 0.774. The number of hydrogen-bond acceptors (Lipinski definition) is 3. The van der Waals surface area contributed by atoms with E-state index in [2.05, 4.69) is 5.32 Å². The molecule has 0 aromatic heterocycles. The lowest BCUT2D eigenvalue weighted by Gasteiger charge is -2.31. The van der Waals surface area contributed by atoms with Crippen LogP contribution in [0, 0.1) is 5.82 Å². The van der Waals surface area contributed by atoms with Crippen LogP contribution in [0.25, 0.3) is 0 Å². The smallest absolute Gasteiger partial charge is 0.275 e. The van der Waals surface area contributed by atoms with Crippen molar-refractivity contribution in [2.45, 2.75) is 11.3 Å². The lowest BCUT2D eigenvalue weighted by Crippen LogP contribution is -3.15. The van der Waals surface area contributed by atoms with Crippen LogP contribution in [0.3, 0.4) is 0 Å². The van der Waals surface area contributed by atoms with Crippen LogP contribution in [0.15, 0.2) is 59.5 Å². The predicted molar refractivity (Wildman–Crippen MR) is 104 cm³/mol. The van der Waals surface area contributed by atoms with E-state index in [0.29, 0.717) is 26.2 Å². The Labute approximate surface area is 165 Å². The average molecular weight is 407 g/mol. The minimum Gasteiger partial charge on any atom is -0.351 e. The van der Waals surface area contributed by atoms with Crippen molar-refractivity contribution >= 4 is 15.9 Å². The van der Waals surface area contributed by atoms with Crippen molar-refractivity contribution in [3.05, 3.63) is 66.0 Å². The number of nitrogens with zero attached hydrogens (tertiary/aromatic N) is 1. The molecule has 6 nitrogen and oxygen atoms in total. The highest BCUT2D eigenvalue weighted by Crippen LogP contribution is 2.18. The van der Waals surface area contributed by atoms with E-state index in [-0.39, 0.29) is 23.9 Å². The lowest BCUT2D eigenvalue weighted by atomic mass is 10.1. The first-order chi connectivity index (χ1) is 13.5. The molecule has 0 saturated carbocycles. The molecule has 0 unspecified atom stereocenters. The van der Waals surface area contributed by atoms with Gasteiger partial charge in [0.15, 0.2) is 6.54 Å². The fourth-order valence-corrected chi connectivity index (χ4v) is 4.80. The van der Waals surface area contributed by atoms with E-state index in [1.165, 1.54) is 28.1 Å². The summed E-state index contributed by atoms with van der Waals surface area (Å²) in [5.41, 5.74) is 1.17. The molecule has 0 spiro atoms. The highest BCUT2D eigenvalue weighted by atomic mass is 32.2. The Morgan fingerprint density at radius 1 is 1.04 bits per heavy atom. The van der Waals surface area contributed by atoms with E-state index in [4.69, 9.17) is 0 Å². The third-order valence-electron chi connectivity index (χ3n) is 4.87. The minimum atomic E-state index is -3.84. The van der Waals surface area contributed by atoms with Gasteiger partial charge in [-0.1, -0.05) is 42.5 Å². The van der Waals surface area contributed by atoms with Crippen molar-refractivity contribution in [1.82, 2.24) is 9.62 Å². The van der Waals surface area contributed by atoms with E-state index in [0.717, 1.165) is 17.4 Å². The first kappa shape index (κ1) is 20.4. The zero-order valence-electron chi connectivity index (χ0n) is 15.6. The number of carbonyl (C=O) groups excluding carboxylic acids is 1. The van der Waals surface area contributed by atoms with Gasteiger partial charge >= 0.3 is 0 Å². The number of hydrogen-bond donors (Lipinski definition) is 2. The van der Waals surface area contributed by atoms with E-state index >= 15 is 0 Å². The summed E-state index contributed by atoms with van der Waals surface area (Å²) in [5.74, 6) is -0.786. The Morgan fingerprint density at radius 3 is 2.36 bits per heavy atom. The van der Waals surface area contributed by atoms with Crippen molar-refractivity contribution < 1.29 is 22.5 Å². The van der Waals surface area contributed by atoms with Crippen molar-refractivity contribution in [2.75, 3.05) is 39.3 Å². The molecule has 0 radical (unpaired) electrons. The second-order valence-corrected chi connectivity index (χ2v) is 8.75. The molecule has 1 heterocycles. The maximum Gasteiger partial charge on any atom is 0.275 e. The van der Waals surface area contributed by atoms with Crippen LogP contribution in [0.5, 0.6) is 0 Å². The number of benzene rings is 2. The molecular formula is C20H25FN3O3S+. The van der Waals surface area contributed by atoms with Crippen LogP contribution in [-0.2, 0) is 21.2 Å². The van der Waals surface area contributed by atoms with Crippen molar-refractivity contribution in [1.29, 1.82) is 0 Å². The Kier molecular flexibility index (Phi) is 6.77. The molecule has 2 aromatic carbocycles. The molecule has 150 valence electrons. The predicted octanol–water partition coefficient (Wildman–Crippen LogP) is 0.0738. The molecule has 1 aliphatic rings. The van der Waals surface area contributed by atoms with Gasteiger partial charge in [0, 0.05) is 6.54 Å². The molecule has 0 aliphatic carbocycles. The monoisotopic (exact) mass is 406 g/mol. The highest BCUT2D eigenvalue weighted by molar-refractivity contribution is 7.89. The number of carbonyl (C=O) groups is 1. The zero-order chi connectivity index (χ0) is 20.0. The summed E-state index contributed by atoms with van der Waals surface area (Å²) in [5, 5.41) is 2.91. The molecule has 1 fully saturated rings. The van der Waals surface area contributed by atoms with E-state index < -0.39 is 15.8 Å². The Bertz CT molecular complexity index is 898. The second kappa shape index (κ2) is 9.27. The SMILES string of the molecule is O=C(C[NH+]1CCN(S(=O)(=O)c2ccccc2F)CC1)NCCc1ccccc1. The maximum atomic E-state index is 13.9. The largest absolute Gasteiger partial charge is 0.351 e. The summed E-state index contributed by atoms with van der Waals surface area (Å²) < 4.78 is 40.4. The van der Waals surface area contributed by atoms with Gasteiger partial charge in [-0.25, -0.2) is 12.8 Å². The standard InChI is InChI=1S/C20H24FN3O3S/c21-18-8-4-5-9-19(18)28(26,27)24-14-12-23(13-15-24)16-20(25)22-11-10-17-6-2-1-3-7-17/h1-9H,10-16H2,(H,22,25)/p+1. The van der Waals surface area contributed by atoms with Crippen LogP contribution in [0.2, 0.25) is 0 Å². The third kappa shape index (κ3) is 5.15. The number of piperazine rings is 1. The second-order valence-electron chi connectivity index (χ2n) is 6.85. The van der Waals surface area contributed by atoms with Crippen LogP contribution >= 0.6 is 0 Å². The maximum absolute atomic E-state index is 13.9. The van der Waals surface area contributed by atoms with Gasteiger partial charge in [0.1, 0.15) is 10.7 Å². The molecule has 8 heteroatoms. The molecule has 1 amide bonds. The van der Waals surface area contributed by atoms with Gasteiger partial charge in [-0.05, 0) is 24.1 Å². The van der Waals surface area contributed by atoms with E-state index in [1.807, 2.05) is 30.3 Å². The van der Waals surface area contributed by atoms with Crippen molar-refractivity contribution in [3.8, 4) is 0 Å². The molecule has 0 bridgehead atoms. The quantitative estimate of drug-likeness (QED) is 0.684. The molecule has 28 heavy (non-hydrogen) atoms. The Hall–Kier alpha value is -2.29. The number of rotatable bonds is 7.